The number of para-hydroxylation sites is 1. The van der Waals surface area contributed by atoms with Crippen molar-refractivity contribution >= 4 is 10.9 Å². The third kappa shape index (κ3) is 0.981. The van der Waals surface area contributed by atoms with E-state index in [-0.39, 0.29) is 0 Å². The normalized spacial score (nSPS) is 16.7. The summed E-state index contributed by atoms with van der Waals surface area (Å²) >= 11 is 0. The largest absolute Gasteiger partial charge is 0.262 e. The van der Waals surface area contributed by atoms with Crippen LogP contribution in [-0.2, 0) is 0 Å². The second-order valence-corrected chi connectivity index (χ2v) is 3.78. The predicted octanol–water partition coefficient (Wildman–Crippen LogP) is 2.68. The summed E-state index contributed by atoms with van der Waals surface area (Å²) in [6.45, 7) is 2.08. The summed E-state index contributed by atoms with van der Waals surface area (Å²) in [4.78, 5) is 0. The minimum atomic E-state index is 0.679. The summed E-state index contributed by atoms with van der Waals surface area (Å²) in [5, 5.41) is 5.87. The van der Waals surface area contributed by atoms with Crippen LogP contribution < -0.4 is 0 Å². The molecule has 3 rings (SSSR count). The molecule has 2 aromatic rings. The molecule has 0 N–H and O–H groups in total. The van der Waals surface area contributed by atoms with E-state index in [9.17, 15) is 0 Å². The molecule has 0 spiro atoms. The van der Waals surface area contributed by atoms with Crippen molar-refractivity contribution in [3.8, 4) is 0 Å². The van der Waals surface area contributed by atoms with Crippen molar-refractivity contribution in [2.75, 3.05) is 0 Å². The van der Waals surface area contributed by atoms with Gasteiger partial charge in [-0.2, -0.15) is 5.10 Å². The highest BCUT2D eigenvalue weighted by molar-refractivity contribution is 5.81. The zero-order valence-electron chi connectivity index (χ0n) is 7.70. The average molecular weight is 172 g/mol. The lowest BCUT2D eigenvalue weighted by molar-refractivity contribution is 0.658. The molecule has 2 nitrogen and oxygen atoms in total. The standard InChI is InChI=1S/C11H12N2/c1-8-10-4-2-3-5-11(10)13(12-8)9-6-7-9/h2-5,9H,6-7H2,1H3. The van der Waals surface area contributed by atoms with Crippen molar-refractivity contribution in [2.24, 2.45) is 0 Å². The van der Waals surface area contributed by atoms with Gasteiger partial charge in [0.2, 0.25) is 0 Å². The van der Waals surface area contributed by atoms with Gasteiger partial charge >= 0.3 is 0 Å². The Bertz CT molecular complexity index is 452. The molecule has 0 aliphatic heterocycles. The minimum Gasteiger partial charge on any atom is -0.262 e. The fourth-order valence-electron chi connectivity index (χ4n) is 1.85. The van der Waals surface area contributed by atoms with E-state index in [4.69, 9.17) is 0 Å². The van der Waals surface area contributed by atoms with Crippen LogP contribution in [0.25, 0.3) is 10.9 Å². The van der Waals surface area contributed by atoms with Crippen LogP contribution in [0.1, 0.15) is 24.6 Å². The minimum absolute atomic E-state index is 0.679. The molecular weight excluding hydrogens is 160 g/mol. The zero-order chi connectivity index (χ0) is 8.84. The van der Waals surface area contributed by atoms with Crippen molar-refractivity contribution in [3.63, 3.8) is 0 Å². The lowest BCUT2D eigenvalue weighted by Crippen LogP contribution is -1.95. The first-order valence-electron chi connectivity index (χ1n) is 4.80. The van der Waals surface area contributed by atoms with E-state index < -0.39 is 0 Å². The summed E-state index contributed by atoms with van der Waals surface area (Å²) in [6.07, 6.45) is 2.59. The van der Waals surface area contributed by atoms with Gasteiger partial charge in [-0.3, -0.25) is 4.68 Å². The maximum Gasteiger partial charge on any atom is 0.0688 e. The molecule has 2 heteroatoms. The lowest BCUT2D eigenvalue weighted by atomic mass is 10.2. The van der Waals surface area contributed by atoms with E-state index in [1.165, 1.54) is 23.7 Å². The molecule has 0 radical (unpaired) electrons. The number of aryl methyl sites for hydroxylation is 1. The van der Waals surface area contributed by atoms with Crippen molar-refractivity contribution in [2.45, 2.75) is 25.8 Å². The van der Waals surface area contributed by atoms with Gasteiger partial charge in [-0.25, -0.2) is 0 Å². The van der Waals surface area contributed by atoms with E-state index in [1.807, 2.05) is 0 Å². The first-order valence-corrected chi connectivity index (χ1v) is 4.80. The van der Waals surface area contributed by atoms with Crippen LogP contribution in [0.4, 0.5) is 0 Å². The van der Waals surface area contributed by atoms with E-state index in [0.29, 0.717) is 6.04 Å². The van der Waals surface area contributed by atoms with E-state index in [1.54, 1.807) is 0 Å². The molecular formula is C11H12N2. The Morgan fingerprint density at radius 2 is 2.08 bits per heavy atom. The maximum atomic E-state index is 4.57. The molecule has 1 saturated carbocycles. The second kappa shape index (κ2) is 2.34. The second-order valence-electron chi connectivity index (χ2n) is 3.78. The molecule has 0 atom stereocenters. The van der Waals surface area contributed by atoms with E-state index in [0.717, 1.165) is 5.69 Å². The Labute approximate surface area is 77.2 Å². The quantitative estimate of drug-likeness (QED) is 0.646. The summed E-state index contributed by atoms with van der Waals surface area (Å²) in [6, 6.07) is 9.15. The number of rotatable bonds is 1. The van der Waals surface area contributed by atoms with Gasteiger partial charge in [0.25, 0.3) is 0 Å². The summed E-state index contributed by atoms with van der Waals surface area (Å²) in [5.41, 5.74) is 2.45. The summed E-state index contributed by atoms with van der Waals surface area (Å²) in [7, 11) is 0. The van der Waals surface area contributed by atoms with Crippen LogP contribution in [0, 0.1) is 6.92 Å². The number of hydrogen-bond acceptors (Lipinski definition) is 1. The van der Waals surface area contributed by atoms with Crippen LogP contribution in [0.3, 0.4) is 0 Å². The Balaban J connectivity index is 2.34. The van der Waals surface area contributed by atoms with Gasteiger partial charge in [0.15, 0.2) is 0 Å². The number of hydrogen-bond donors (Lipinski definition) is 0. The van der Waals surface area contributed by atoms with Crippen molar-refractivity contribution in [1.29, 1.82) is 0 Å². The van der Waals surface area contributed by atoms with Crippen molar-refractivity contribution < 1.29 is 0 Å². The molecule has 13 heavy (non-hydrogen) atoms. The van der Waals surface area contributed by atoms with Gasteiger partial charge < -0.3 is 0 Å². The monoisotopic (exact) mass is 172 g/mol. The zero-order valence-corrected chi connectivity index (χ0v) is 7.70. The van der Waals surface area contributed by atoms with Crippen LogP contribution in [0.5, 0.6) is 0 Å². The molecule has 1 aliphatic carbocycles. The molecule has 1 aromatic carbocycles. The highest BCUT2D eigenvalue weighted by atomic mass is 15.3. The van der Waals surface area contributed by atoms with Crippen LogP contribution in [0.2, 0.25) is 0 Å². The van der Waals surface area contributed by atoms with Crippen LogP contribution in [-0.4, -0.2) is 9.78 Å². The molecule has 1 aliphatic rings. The van der Waals surface area contributed by atoms with Gasteiger partial charge in [-0.1, -0.05) is 18.2 Å². The molecule has 1 fully saturated rings. The molecule has 1 heterocycles. The molecule has 0 bridgehead atoms. The Hall–Kier alpha value is -1.31. The molecule has 66 valence electrons. The van der Waals surface area contributed by atoms with Gasteiger partial charge in [-0.05, 0) is 25.8 Å². The number of benzene rings is 1. The third-order valence-corrected chi connectivity index (χ3v) is 2.69. The van der Waals surface area contributed by atoms with Crippen molar-refractivity contribution in [3.05, 3.63) is 30.0 Å². The van der Waals surface area contributed by atoms with Gasteiger partial charge in [0.1, 0.15) is 0 Å². The number of aromatic nitrogens is 2. The fraction of sp³-hybridized carbons (Fsp3) is 0.364. The van der Waals surface area contributed by atoms with Crippen molar-refractivity contribution in [1.82, 2.24) is 9.78 Å². The van der Waals surface area contributed by atoms with Crippen LogP contribution >= 0.6 is 0 Å². The number of fused-ring (bicyclic) bond motifs is 1. The Kier molecular flexibility index (Phi) is 1.29. The Morgan fingerprint density at radius 1 is 1.31 bits per heavy atom. The molecule has 0 saturated heterocycles. The first-order chi connectivity index (χ1) is 6.36. The summed E-state index contributed by atoms with van der Waals surface area (Å²) < 4.78 is 2.19. The third-order valence-electron chi connectivity index (χ3n) is 2.69. The number of nitrogens with zero attached hydrogens (tertiary/aromatic N) is 2. The smallest absolute Gasteiger partial charge is 0.0688 e. The highest BCUT2D eigenvalue weighted by Gasteiger charge is 2.26. The Morgan fingerprint density at radius 3 is 2.85 bits per heavy atom. The van der Waals surface area contributed by atoms with Crippen LogP contribution in [0.15, 0.2) is 24.3 Å². The van der Waals surface area contributed by atoms with Gasteiger partial charge in [-0.15, -0.1) is 0 Å². The topological polar surface area (TPSA) is 17.8 Å². The van der Waals surface area contributed by atoms with E-state index in [2.05, 4.69) is 41.0 Å². The first kappa shape index (κ1) is 7.13. The van der Waals surface area contributed by atoms with Gasteiger partial charge in [0, 0.05) is 5.39 Å². The highest BCUT2D eigenvalue weighted by Crippen LogP contribution is 2.37. The average Bonchev–Trinajstić information content (AvgIpc) is 2.94. The lowest BCUT2D eigenvalue weighted by Gasteiger charge is -1.97. The molecule has 0 amide bonds. The molecule has 1 aromatic heterocycles. The fourth-order valence-corrected chi connectivity index (χ4v) is 1.85. The maximum absolute atomic E-state index is 4.57. The molecule has 0 unspecified atom stereocenters. The SMILES string of the molecule is Cc1nn(C2CC2)c2ccccc12. The van der Waals surface area contributed by atoms with E-state index >= 15 is 0 Å². The summed E-state index contributed by atoms with van der Waals surface area (Å²) in [5.74, 6) is 0. The van der Waals surface area contributed by atoms with Gasteiger partial charge in [0.05, 0.1) is 17.3 Å². The predicted molar refractivity (Wildman–Crippen MR) is 52.7 cm³/mol.